The zero-order valence-electron chi connectivity index (χ0n) is 19.3. The van der Waals surface area contributed by atoms with Crippen LogP contribution < -0.4 is 10.1 Å². The Balaban J connectivity index is 1.61. The molecule has 2 amide bonds. The fourth-order valence-electron chi connectivity index (χ4n) is 4.11. The molecule has 1 fully saturated rings. The van der Waals surface area contributed by atoms with E-state index in [0.717, 1.165) is 11.3 Å². The minimum Gasteiger partial charge on any atom is -0.497 e. The number of amides is 2. The lowest BCUT2D eigenvalue weighted by Gasteiger charge is -2.35. The van der Waals surface area contributed by atoms with Gasteiger partial charge in [0.05, 0.1) is 7.11 Å². The van der Waals surface area contributed by atoms with Crippen molar-refractivity contribution in [3.63, 3.8) is 0 Å². The topological polar surface area (TPSA) is 75.7 Å². The van der Waals surface area contributed by atoms with Gasteiger partial charge in [-0.15, -0.1) is 0 Å². The summed E-state index contributed by atoms with van der Waals surface area (Å²) < 4.78 is 5.15. The van der Waals surface area contributed by atoms with Crippen molar-refractivity contribution < 1.29 is 19.1 Å². The maximum Gasteiger partial charge on any atom is 0.252 e. The first-order valence-electron chi connectivity index (χ1n) is 11.2. The van der Waals surface area contributed by atoms with Gasteiger partial charge in [0.25, 0.3) is 5.91 Å². The normalized spacial score (nSPS) is 15.3. The molecule has 32 heavy (non-hydrogen) atoms. The van der Waals surface area contributed by atoms with E-state index in [-0.39, 0.29) is 29.4 Å². The summed E-state index contributed by atoms with van der Waals surface area (Å²) >= 11 is 0. The average molecular weight is 437 g/mol. The summed E-state index contributed by atoms with van der Waals surface area (Å²) in [5, 5.41) is 2.93. The molecule has 2 aromatic carbocycles. The van der Waals surface area contributed by atoms with Crippen molar-refractivity contribution in [1.82, 2.24) is 10.2 Å². The van der Waals surface area contributed by atoms with Crippen LogP contribution in [0.3, 0.4) is 0 Å². The Hall–Kier alpha value is -3.15. The molecular formula is C26H32N2O4. The zero-order valence-corrected chi connectivity index (χ0v) is 19.3. The number of carbonyl (C=O) groups excluding carboxylic acids is 3. The summed E-state index contributed by atoms with van der Waals surface area (Å²) in [6.07, 6.45) is 1.24. The summed E-state index contributed by atoms with van der Waals surface area (Å²) in [7, 11) is 1.59. The maximum absolute atomic E-state index is 13.2. The van der Waals surface area contributed by atoms with Gasteiger partial charge in [-0.05, 0) is 61.6 Å². The summed E-state index contributed by atoms with van der Waals surface area (Å²) in [4.78, 5) is 40.6. The lowest BCUT2D eigenvalue weighted by atomic mass is 9.88. The van der Waals surface area contributed by atoms with Crippen LogP contribution in [-0.2, 0) is 4.79 Å². The number of nitrogens with one attached hydrogen (secondary N) is 1. The van der Waals surface area contributed by atoms with Gasteiger partial charge in [-0.2, -0.15) is 0 Å². The van der Waals surface area contributed by atoms with Crippen molar-refractivity contribution in [3.05, 3.63) is 65.2 Å². The van der Waals surface area contributed by atoms with Crippen LogP contribution >= 0.6 is 0 Å². The van der Waals surface area contributed by atoms with Gasteiger partial charge in [0.1, 0.15) is 11.8 Å². The second-order valence-electron chi connectivity index (χ2n) is 8.70. The molecule has 2 aromatic rings. The van der Waals surface area contributed by atoms with Crippen LogP contribution in [0.4, 0.5) is 0 Å². The van der Waals surface area contributed by atoms with E-state index in [9.17, 15) is 14.4 Å². The number of hydrogen-bond donors (Lipinski definition) is 1. The van der Waals surface area contributed by atoms with E-state index in [1.54, 1.807) is 42.3 Å². The highest BCUT2D eigenvalue weighted by Gasteiger charge is 2.33. The first-order chi connectivity index (χ1) is 15.3. The summed E-state index contributed by atoms with van der Waals surface area (Å²) in [6.45, 7) is 6.76. The smallest absolute Gasteiger partial charge is 0.252 e. The number of aryl methyl sites for hydroxylation is 1. The van der Waals surface area contributed by atoms with Crippen LogP contribution in [0.5, 0.6) is 5.75 Å². The molecule has 0 bridgehead atoms. The number of carbonyl (C=O) groups is 3. The number of likely N-dealkylation sites (tertiary alicyclic amines) is 1. The molecule has 0 aliphatic carbocycles. The maximum atomic E-state index is 13.2. The highest BCUT2D eigenvalue weighted by atomic mass is 16.5. The van der Waals surface area contributed by atoms with Gasteiger partial charge in [0.2, 0.25) is 5.91 Å². The molecule has 0 aromatic heterocycles. The second-order valence-corrected chi connectivity index (χ2v) is 8.70. The first kappa shape index (κ1) is 23.5. The third-order valence-electron chi connectivity index (χ3n) is 6.16. The molecule has 0 spiro atoms. The lowest BCUT2D eigenvalue weighted by molar-refractivity contribution is -0.135. The van der Waals surface area contributed by atoms with Crippen molar-refractivity contribution in [2.24, 2.45) is 11.8 Å². The molecule has 170 valence electrons. The van der Waals surface area contributed by atoms with Crippen LogP contribution in [0.2, 0.25) is 0 Å². The fourth-order valence-corrected chi connectivity index (χ4v) is 4.11. The number of hydrogen-bond acceptors (Lipinski definition) is 4. The van der Waals surface area contributed by atoms with Crippen LogP contribution in [0.15, 0.2) is 48.5 Å². The third-order valence-corrected chi connectivity index (χ3v) is 6.16. The minimum atomic E-state index is -0.601. The monoisotopic (exact) mass is 436 g/mol. The first-order valence-corrected chi connectivity index (χ1v) is 11.2. The molecule has 1 saturated heterocycles. The highest BCUT2D eigenvalue weighted by Crippen LogP contribution is 2.24. The van der Waals surface area contributed by atoms with Gasteiger partial charge in [-0.25, -0.2) is 0 Å². The average Bonchev–Trinajstić information content (AvgIpc) is 2.81. The van der Waals surface area contributed by atoms with Crippen molar-refractivity contribution in [1.29, 1.82) is 0 Å². The Bertz CT molecular complexity index is 960. The predicted molar refractivity (Wildman–Crippen MR) is 124 cm³/mol. The van der Waals surface area contributed by atoms with E-state index in [1.165, 1.54) is 0 Å². The number of piperidine rings is 1. The molecule has 1 aliphatic rings. The Labute approximate surface area is 189 Å². The quantitative estimate of drug-likeness (QED) is 0.669. The standard InChI is InChI=1S/C26H32N2O4/c1-17(2)23(27-25(30)22-8-6-5-7-18(22)3)26(31)28-15-13-20(14-16-28)24(29)19-9-11-21(32-4)12-10-19/h5-12,17,20,23H,13-16H2,1-4H3,(H,27,30)/t23-/m0/s1. The molecular weight excluding hydrogens is 404 g/mol. The lowest BCUT2D eigenvalue weighted by Crippen LogP contribution is -2.53. The van der Waals surface area contributed by atoms with Gasteiger partial charge in [0, 0.05) is 30.1 Å². The Morgan fingerprint density at radius 2 is 1.62 bits per heavy atom. The molecule has 0 saturated carbocycles. The second kappa shape index (κ2) is 10.4. The molecule has 1 atom stereocenters. The van der Waals surface area contributed by atoms with Crippen molar-refractivity contribution in [2.45, 2.75) is 39.7 Å². The van der Waals surface area contributed by atoms with E-state index >= 15 is 0 Å². The number of rotatable bonds is 7. The number of methoxy groups -OCH3 is 1. The predicted octanol–water partition coefficient (Wildman–Crippen LogP) is 3.88. The molecule has 1 N–H and O–H groups in total. The Morgan fingerprint density at radius 3 is 2.19 bits per heavy atom. The fraction of sp³-hybridized carbons (Fsp3) is 0.423. The van der Waals surface area contributed by atoms with Crippen molar-refractivity contribution >= 4 is 17.6 Å². The number of Topliss-reactive ketones (excluding diaryl/α,β-unsaturated/α-hetero) is 1. The molecule has 0 unspecified atom stereocenters. The Kier molecular flexibility index (Phi) is 7.67. The number of ether oxygens (including phenoxy) is 1. The SMILES string of the molecule is COc1ccc(C(=O)C2CCN(C(=O)[C@@H](NC(=O)c3ccccc3C)C(C)C)CC2)cc1. The van der Waals surface area contributed by atoms with Gasteiger partial charge in [-0.3, -0.25) is 14.4 Å². The van der Waals surface area contributed by atoms with E-state index in [4.69, 9.17) is 4.74 Å². The molecule has 6 nitrogen and oxygen atoms in total. The minimum absolute atomic E-state index is 0.0471. The van der Waals surface area contributed by atoms with Gasteiger partial charge >= 0.3 is 0 Å². The van der Waals surface area contributed by atoms with Gasteiger partial charge < -0.3 is 15.0 Å². The summed E-state index contributed by atoms with van der Waals surface area (Å²) in [5.74, 6) is 0.347. The molecule has 3 rings (SSSR count). The number of ketones is 1. The molecule has 0 radical (unpaired) electrons. The third kappa shape index (κ3) is 5.36. The van der Waals surface area contributed by atoms with E-state index in [0.29, 0.717) is 37.1 Å². The summed E-state index contributed by atoms with van der Waals surface area (Å²) in [6, 6.07) is 13.9. The van der Waals surface area contributed by atoms with E-state index in [1.807, 2.05) is 39.0 Å². The van der Waals surface area contributed by atoms with Crippen LogP contribution in [0.25, 0.3) is 0 Å². The van der Waals surface area contributed by atoms with E-state index in [2.05, 4.69) is 5.32 Å². The van der Waals surface area contributed by atoms with Crippen LogP contribution in [-0.4, -0.2) is 48.7 Å². The van der Waals surface area contributed by atoms with Crippen molar-refractivity contribution in [2.75, 3.05) is 20.2 Å². The van der Waals surface area contributed by atoms with Crippen molar-refractivity contribution in [3.8, 4) is 5.75 Å². The largest absolute Gasteiger partial charge is 0.497 e. The summed E-state index contributed by atoms with van der Waals surface area (Å²) in [5.41, 5.74) is 2.12. The molecule has 6 heteroatoms. The highest BCUT2D eigenvalue weighted by molar-refractivity contribution is 5.99. The number of benzene rings is 2. The van der Waals surface area contributed by atoms with Gasteiger partial charge in [-0.1, -0.05) is 32.0 Å². The number of nitrogens with zero attached hydrogens (tertiary/aromatic N) is 1. The van der Waals surface area contributed by atoms with E-state index < -0.39 is 6.04 Å². The zero-order chi connectivity index (χ0) is 23.3. The molecule has 1 aliphatic heterocycles. The Morgan fingerprint density at radius 1 is 1.00 bits per heavy atom. The van der Waals surface area contributed by atoms with Crippen LogP contribution in [0.1, 0.15) is 53.0 Å². The van der Waals surface area contributed by atoms with Crippen LogP contribution in [0, 0.1) is 18.8 Å². The van der Waals surface area contributed by atoms with Gasteiger partial charge in [0.15, 0.2) is 5.78 Å². The molecule has 1 heterocycles.